The van der Waals surface area contributed by atoms with Gasteiger partial charge in [0.05, 0.1) is 19.9 Å². The van der Waals surface area contributed by atoms with Gasteiger partial charge < -0.3 is 14.8 Å². The van der Waals surface area contributed by atoms with Crippen LogP contribution in [0.25, 0.3) is 0 Å². The number of rotatable bonds is 4. The highest BCUT2D eigenvalue weighted by atomic mass is 16.5. The van der Waals surface area contributed by atoms with Crippen molar-refractivity contribution in [2.75, 3.05) is 24.9 Å². The third kappa shape index (κ3) is 3.52. The Morgan fingerprint density at radius 3 is 2.48 bits per heavy atom. The van der Waals surface area contributed by atoms with Gasteiger partial charge in [-0.3, -0.25) is 14.7 Å². The zero-order chi connectivity index (χ0) is 20.4. The van der Waals surface area contributed by atoms with Gasteiger partial charge in [0.2, 0.25) is 11.9 Å². The zero-order valence-electron chi connectivity index (χ0n) is 16.3. The van der Waals surface area contributed by atoms with Crippen LogP contribution in [-0.4, -0.2) is 29.7 Å². The van der Waals surface area contributed by atoms with Gasteiger partial charge in [-0.05, 0) is 25.1 Å². The quantitative estimate of drug-likeness (QED) is 0.711. The fraction of sp³-hybridized carbons (Fsp3) is 0.190. The molecule has 0 saturated carbocycles. The fourth-order valence-corrected chi connectivity index (χ4v) is 3.28. The molecule has 148 valence electrons. The van der Waals surface area contributed by atoms with Crippen molar-refractivity contribution in [1.29, 1.82) is 0 Å². The van der Waals surface area contributed by atoms with Crippen LogP contribution in [0.2, 0.25) is 0 Å². The van der Waals surface area contributed by atoms with Crippen molar-refractivity contribution >= 4 is 17.6 Å². The highest BCUT2D eigenvalue weighted by molar-refractivity contribution is 6.04. The molecule has 0 aliphatic carbocycles. The average molecular weight is 391 g/mol. The van der Waals surface area contributed by atoms with Crippen molar-refractivity contribution in [3.05, 3.63) is 76.2 Å². The lowest BCUT2D eigenvalue weighted by atomic mass is 10.1. The first-order chi connectivity index (χ1) is 14.1. The summed E-state index contributed by atoms with van der Waals surface area (Å²) in [4.78, 5) is 22.0. The van der Waals surface area contributed by atoms with E-state index < -0.39 is 6.17 Å². The molecule has 1 aliphatic rings. The third-order valence-corrected chi connectivity index (χ3v) is 4.58. The van der Waals surface area contributed by atoms with Crippen LogP contribution in [0, 0.1) is 6.92 Å². The maximum absolute atomic E-state index is 12.8. The molecule has 0 spiro atoms. The Kier molecular flexibility index (Phi) is 4.90. The Morgan fingerprint density at radius 1 is 1.03 bits per heavy atom. The Balaban J connectivity index is 1.84. The average Bonchev–Trinajstić information content (AvgIpc) is 2.73. The lowest BCUT2D eigenvalue weighted by Crippen LogP contribution is -2.37. The van der Waals surface area contributed by atoms with Gasteiger partial charge in [-0.15, -0.1) is 0 Å². The number of nitrogens with one attached hydrogen (secondary N) is 2. The summed E-state index contributed by atoms with van der Waals surface area (Å²) in [7, 11) is 3.20. The number of nitrogens with zero attached hydrogens (tertiary/aromatic N) is 3. The monoisotopic (exact) mass is 391 g/mol. The van der Waals surface area contributed by atoms with Gasteiger partial charge in [-0.25, -0.2) is 9.98 Å². The van der Waals surface area contributed by atoms with E-state index in [1.165, 1.54) is 10.6 Å². The van der Waals surface area contributed by atoms with Gasteiger partial charge in [-0.1, -0.05) is 30.3 Å². The number of aromatic nitrogens is 2. The Hall–Kier alpha value is -3.81. The number of hydrogen-bond acceptors (Lipinski definition) is 7. The lowest BCUT2D eigenvalue weighted by Gasteiger charge is -2.28. The van der Waals surface area contributed by atoms with E-state index in [1.54, 1.807) is 21.1 Å². The van der Waals surface area contributed by atoms with Gasteiger partial charge in [0.15, 0.2) is 6.17 Å². The van der Waals surface area contributed by atoms with E-state index >= 15 is 0 Å². The molecule has 0 saturated heterocycles. The van der Waals surface area contributed by atoms with Crippen LogP contribution >= 0.6 is 0 Å². The molecule has 0 amide bonds. The summed E-state index contributed by atoms with van der Waals surface area (Å²) >= 11 is 0. The number of guanidine groups is 1. The van der Waals surface area contributed by atoms with Crippen LogP contribution < -0.4 is 25.7 Å². The first kappa shape index (κ1) is 18.5. The molecule has 0 fully saturated rings. The van der Waals surface area contributed by atoms with Crippen LogP contribution in [0.1, 0.15) is 17.4 Å². The molecule has 3 aromatic rings. The molecule has 2 aromatic carbocycles. The predicted molar refractivity (Wildman–Crippen MR) is 112 cm³/mol. The molecule has 2 N–H and O–H groups in total. The van der Waals surface area contributed by atoms with E-state index in [0.29, 0.717) is 29.1 Å². The largest absolute Gasteiger partial charge is 0.496 e. The second kappa shape index (κ2) is 7.67. The molecule has 1 aliphatic heterocycles. The summed E-state index contributed by atoms with van der Waals surface area (Å²) in [5.41, 5.74) is 1.91. The molecule has 0 unspecified atom stereocenters. The number of benzene rings is 2. The highest BCUT2D eigenvalue weighted by Crippen LogP contribution is 2.32. The number of ether oxygens (including phenoxy) is 2. The van der Waals surface area contributed by atoms with Crippen LogP contribution in [0.5, 0.6) is 11.5 Å². The second-order valence-corrected chi connectivity index (χ2v) is 6.47. The van der Waals surface area contributed by atoms with E-state index in [-0.39, 0.29) is 5.56 Å². The van der Waals surface area contributed by atoms with Crippen LogP contribution in [0.4, 0.5) is 11.6 Å². The van der Waals surface area contributed by atoms with E-state index in [2.05, 4.69) is 15.6 Å². The van der Waals surface area contributed by atoms with Crippen LogP contribution in [0.3, 0.4) is 0 Å². The van der Waals surface area contributed by atoms with Gasteiger partial charge in [0.1, 0.15) is 11.5 Å². The molecular weight excluding hydrogens is 370 g/mol. The highest BCUT2D eigenvalue weighted by Gasteiger charge is 2.27. The zero-order valence-corrected chi connectivity index (χ0v) is 16.3. The summed E-state index contributed by atoms with van der Waals surface area (Å²) in [6.45, 7) is 1.78. The fourth-order valence-electron chi connectivity index (χ4n) is 3.28. The molecule has 8 heteroatoms. The second-order valence-electron chi connectivity index (χ2n) is 6.47. The van der Waals surface area contributed by atoms with Gasteiger partial charge in [0.25, 0.3) is 5.56 Å². The first-order valence-corrected chi connectivity index (χ1v) is 9.08. The molecule has 4 rings (SSSR count). The van der Waals surface area contributed by atoms with Crippen molar-refractivity contribution in [2.45, 2.75) is 13.1 Å². The van der Waals surface area contributed by atoms with E-state index in [4.69, 9.17) is 14.5 Å². The third-order valence-electron chi connectivity index (χ3n) is 4.58. The molecular formula is C21H21N5O3. The molecule has 0 bridgehead atoms. The van der Waals surface area contributed by atoms with Crippen molar-refractivity contribution in [3.8, 4) is 11.5 Å². The number of fused-ring (bicyclic) bond motifs is 1. The first-order valence-electron chi connectivity index (χ1n) is 9.08. The minimum Gasteiger partial charge on any atom is -0.496 e. The number of hydrogen-bond donors (Lipinski definition) is 2. The van der Waals surface area contributed by atoms with E-state index in [9.17, 15) is 4.79 Å². The molecule has 1 atom stereocenters. The van der Waals surface area contributed by atoms with Gasteiger partial charge in [0, 0.05) is 17.3 Å². The van der Waals surface area contributed by atoms with E-state index in [1.807, 2.05) is 48.5 Å². The standard InChI is InChI=1S/C21H21N5O3/c1-13-12-18(27)26-19(14-8-4-6-10-16(14)28-2)24-20(25-21(26)22-13)23-15-9-5-7-11-17(15)29-3/h4-12,19H,1-3H3,(H2,22,23,24,25)/t19-/m1/s1. The van der Waals surface area contributed by atoms with Crippen LogP contribution in [0.15, 0.2) is 64.4 Å². The maximum atomic E-state index is 12.8. The molecule has 2 heterocycles. The summed E-state index contributed by atoms with van der Waals surface area (Å²) in [5.74, 6) is 2.16. The smallest absolute Gasteiger partial charge is 0.257 e. The van der Waals surface area contributed by atoms with Gasteiger partial charge in [-0.2, -0.15) is 0 Å². The number of para-hydroxylation sites is 3. The Morgan fingerprint density at radius 2 is 1.72 bits per heavy atom. The van der Waals surface area contributed by atoms with Crippen molar-refractivity contribution in [2.24, 2.45) is 4.99 Å². The topological polar surface area (TPSA) is 89.8 Å². The van der Waals surface area contributed by atoms with E-state index in [0.717, 1.165) is 11.3 Å². The summed E-state index contributed by atoms with van der Waals surface area (Å²) in [6, 6.07) is 16.5. The van der Waals surface area contributed by atoms with Crippen LogP contribution in [-0.2, 0) is 0 Å². The lowest BCUT2D eigenvalue weighted by molar-refractivity contribution is 0.401. The van der Waals surface area contributed by atoms with Crippen molar-refractivity contribution in [3.63, 3.8) is 0 Å². The maximum Gasteiger partial charge on any atom is 0.257 e. The molecule has 1 aromatic heterocycles. The van der Waals surface area contributed by atoms with Crippen molar-refractivity contribution < 1.29 is 9.47 Å². The SMILES string of the molecule is COc1ccccc1NC1=N[C@@H](c2ccccc2OC)n2c(nc(C)cc2=O)N1. The number of aryl methyl sites for hydroxylation is 1. The Labute approximate surface area is 167 Å². The predicted octanol–water partition coefficient (Wildman–Crippen LogP) is 3.01. The van der Waals surface area contributed by atoms with Crippen molar-refractivity contribution in [1.82, 2.24) is 9.55 Å². The number of anilines is 2. The summed E-state index contributed by atoms with van der Waals surface area (Å²) in [5, 5.41) is 6.35. The number of methoxy groups -OCH3 is 2. The molecule has 8 nitrogen and oxygen atoms in total. The minimum atomic E-state index is -0.639. The summed E-state index contributed by atoms with van der Waals surface area (Å²) in [6.07, 6.45) is -0.639. The van der Waals surface area contributed by atoms with Gasteiger partial charge >= 0.3 is 0 Å². The Bertz CT molecular complexity index is 1140. The normalized spacial score (nSPS) is 15.0. The molecule has 0 radical (unpaired) electrons. The minimum absolute atomic E-state index is 0.198. The number of aliphatic imine (C=N–C) groups is 1. The molecule has 29 heavy (non-hydrogen) atoms. The summed E-state index contributed by atoms with van der Waals surface area (Å²) < 4.78 is 12.4.